The first kappa shape index (κ1) is 17.4. The molecule has 0 saturated carbocycles. The van der Waals surface area contributed by atoms with Crippen molar-refractivity contribution in [3.63, 3.8) is 0 Å². The highest BCUT2D eigenvalue weighted by molar-refractivity contribution is 8.00. The van der Waals surface area contributed by atoms with Crippen molar-refractivity contribution in [2.24, 2.45) is 0 Å². The zero-order chi connectivity index (χ0) is 18.6. The number of anilines is 2. The van der Waals surface area contributed by atoms with Crippen LogP contribution in [0.5, 0.6) is 0 Å². The quantitative estimate of drug-likeness (QED) is 0.703. The average Bonchev–Trinajstić information content (AvgIpc) is 2.69. The fraction of sp³-hybridized carbons (Fsp3) is 0.0909. The highest BCUT2D eigenvalue weighted by Crippen LogP contribution is 2.33. The maximum absolute atomic E-state index is 12.9. The summed E-state index contributed by atoms with van der Waals surface area (Å²) in [7, 11) is 0. The Morgan fingerprint density at radius 1 is 1.00 bits per heavy atom. The molecule has 0 aliphatic carbocycles. The van der Waals surface area contributed by atoms with Crippen LogP contribution in [-0.4, -0.2) is 17.6 Å². The number of hydrogen-bond donors (Lipinski definition) is 2. The molecule has 1 aliphatic heterocycles. The van der Waals surface area contributed by atoms with Crippen molar-refractivity contribution in [1.82, 2.24) is 0 Å². The number of hydrogen-bond acceptors (Lipinski definition) is 3. The van der Waals surface area contributed by atoms with E-state index in [9.17, 15) is 9.59 Å². The van der Waals surface area contributed by atoms with Crippen LogP contribution in [0.3, 0.4) is 0 Å². The van der Waals surface area contributed by atoms with Gasteiger partial charge in [-0.25, -0.2) is 0 Å². The van der Waals surface area contributed by atoms with Crippen molar-refractivity contribution in [2.45, 2.75) is 11.3 Å². The lowest BCUT2D eigenvalue weighted by atomic mass is 9.99. The lowest BCUT2D eigenvalue weighted by Crippen LogP contribution is -2.19. The van der Waals surface area contributed by atoms with Gasteiger partial charge < -0.3 is 10.6 Å². The summed E-state index contributed by atoms with van der Waals surface area (Å²) in [6.45, 7) is 0. The summed E-state index contributed by atoms with van der Waals surface area (Å²) < 4.78 is 0. The Hall–Kier alpha value is -3.05. The van der Waals surface area contributed by atoms with Gasteiger partial charge in [-0.15, -0.1) is 11.8 Å². The minimum Gasteiger partial charge on any atom is -0.324 e. The first-order chi connectivity index (χ1) is 13.2. The van der Waals surface area contributed by atoms with Crippen LogP contribution in [0.15, 0.2) is 77.7 Å². The van der Waals surface area contributed by atoms with Crippen LogP contribution in [0.2, 0.25) is 0 Å². The zero-order valence-corrected chi connectivity index (χ0v) is 15.4. The van der Waals surface area contributed by atoms with Gasteiger partial charge in [0.15, 0.2) is 0 Å². The number of nitrogens with one attached hydrogen (secondary N) is 2. The van der Waals surface area contributed by atoms with Gasteiger partial charge in [-0.3, -0.25) is 9.59 Å². The molecule has 1 aliphatic rings. The molecule has 0 aromatic heterocycles. The van der Waals surface area contributed by atoms with Gasteiger partial charge in [0.05, 0.1) is 11.4 Å². The van der Waals surface area contributed by atoms with E-state index in [0.717, 1.165) is 21.7 Å². The van der Waals surface area contributed by atoms with Gasteiger partial charge in [0.25, 0.3) is 5.91 Å². The van der Waals surface area contributed by atoms with E-state index in [1.54, 1.807) is 6.07 Å². The molecular weight excluding hydrogens is 356 g/mol. The van der Waals surface area contributed by atoms with Crippen molar-refractivity contribution >= 4 is 35.0 Å². The molecule has 0 atom stereocenters. The van der Waals surface area contributed by atoms with Gasteiger partial charge >= 0.3 is 0 Å². The first-order valence-corrected chi connectivity index (χ1v) is 9.67. The van der Waals surface area contributed by atoms with Crippen molar-refractivity contribution in [3.05, 3.63) is 89.5 Å². The van der Waals surface area contributed by atoms with E-state index in [1.165, 1.54) is 11.8 Å². The molecule has 4 nitrogen and oxygen atoms in total. The van der Waals surface area contributed by atoms with Gasteiger partial charge in [0, 0.05) is 16.1 Å². The molecule has 4 rings (SSSR count). The van der Waals surface area contributed by atoms with E-state index in [2.05, 4.69) is 22.8 Å². The van der Waals surface area contributed by atoms with Crippen LogP contribution in [0, 0.1) is 0 Å². The van der Waals surface area contributed by atoms with Gasteiger partial charge in [0.1, 0.15) is 0 Å². The Labute approximate surface area is 162 Å². The molecule has 0 radical (unpaired) electrons. The average molecular weight is 374 g/mol. The molecular formula is C22H18N2O2S. The fourth-order valence-electron chi connectivity index (χ4n) is 3.07. The Kier molecular flexibility index (Phi) is 4.94. The second-order valence-electron chi connectivity index (χ2n) is 6.32. The van der Waals surface area contributed by atoms with Crippen molar-refractivity contribution in [1.29, 1.82) is 0 Å². The van der Waals surface area contributed by atoms with E-state index in [-0.39, 0.29) is 11.8 Å². The third kappa shape index (κ3) is 4.04. The molecule has 3 aromatic carbocycles. The lowest BCUT2D eigenvalue weighted by Gasteiger charge is -2.17. The summed E-state index contributed by atoms with van der Waals surface area (Å²) in [6, 6.07) is 23.3. The predicted octanol–water partition coefficient (Wildman–Crippen LogP) is 4.57. The topological polar surface area (TPSA) is 58.2 Å². The normalized spacial score (nSPS) is 12.8. The largest absolute Gasteiger partial charge is 0.324 e. The summed E-state index contributed by atoms with van der Waals surface area (Å²) in [6.07, 6.45) is 0.696. The maximum Gasteiger partial charge on any atom is 0.255 e. The van der Waals surface area contributed by atoms with Crippen LogP contribution < -0.4 is 10.6 Å². The van der Waals surface area contributed by atoms with Gasteiger partial charge in [-0.1, -0.05) is 48.5 Å². The summed E-state index contributed by atoms with van der Waals surface area (Å²) in [5, 5.41) is 5.80. The minimum absolute atomic E-state index is 0.0239. The molecule has 5 heteroatoms. The first-order valence-electron chi connectivity index (χ1n) is 8.69. The molecule has 0 saturated heterocycles. The molecule has 3 aromatic rings. The Bertz CT molecular complexity index is 1000. The van der Waals surface area contributed by atoms with E-state index in [0.29, 0.717) is 23.4 Å². The van der Waals surface area contributed by atoms with Crippen LogP contribution in [0.1, 0.15) is 21.5 Å². The van der Waals surface area contributed by atoms with Crippen LogP contribution >= 0.6 is 11.8 Å². The third-order valence-electron chi connectivity index (χ3n) is 4.37. The summed E-state index contributed by atoms with van der Waals surface area (Å²) in [5.41, 5.74) is 4.19. The Morgan fingerprint density at radius 2 is 1.78 bits per heavy atom. The number of amides is 2. The number of thioether (sulfide) groups is 1. The number of carbonyl (C=O) groups excluding carboxylic acids is 2. The zero-order valence-electron chi connectivity index (χ0n) is 14.6. The standard InChI is InChI=1S/C22H18N2O2S/c25-21-14-27-20-11-10-17(13-19(20)24-21)23-22(26)18-9-5-4-8-16(18)12-15-6-2-1-3-7-15/h1-11,13H,12,14H2,(H,23,26)(H,24,25). The van der Waals surface area contributed by atoms with Crippen LogP contribution in [-0.2, 0) is 11.2 Å². The summed E-state index contributed by atoms with van der Waals surface area (Å²) in [5.74, 6) is 0.242. The highest BCUT2D eigenvalue weighted by Gasteiger charge is 2.17. The number of carbonyl (C=O) groups is 2. The van der Waals surface area contributed by atoms with E-state index < -0.39 is 0 Å². The molecule has 0 unspecified atom stereocenters. The molecule has 0 spiro atoms. The Balaban J connectivity index is 1.55. The van der Waals surface area contributed by atoms with E-state index in [1.807, 2.05) is 54.6 Å². The van der Waals surface area contributed by atoms with Crippen LogP contribution in [0.25, 0.3) is 0 Å². The van der Waals surface area contributed by atoms with Gasteiger partial charge in [-0.05, 0) is 41.8 Å². The fourth-order valence-corrected chi connectivity index (χ4v) is 3.86. The van der Waals surface area contributed by atoms with Crippen molar-refractivity contribution < 1.29 is 9.59 Å². The number of rotatable bonds is 4. The molecule has 1 heterocycles. The molecule has 0 bridgehead atoms. The second-order valence-corrected chi connectivity index (χ2v) is 7.34. The van der Waals surface area contributed by atoms with Crippen molar-refractivity contribution in [2.75, 3.05) is 16.4 Å². The second kappa shape index (κ2) is 7.68. The summed E-state index contributed by atoms with van der Waals surface area (Å²) in [4.78, 5) is 25.4. The number of fused-ring (bicyclic) bond motifs is 1. The van der Waals surface area contributed by atoms with Crippen molar-refractivity contribution in [3.8, 4) is 0 Å². The third-order valence-corrected chi connectivity index (χ3v) is 5.44. The Morgan fingerprint density at radius 3 is 2.63 bits per heavy atom. The van der Waals surface area contributed by atoms with E-state index in [4.69, 9.17) is 0 Å². The van der Waals surface area contributed by atoms with Gasteiger partial charge in [-0.2, -0.15) is 0 Å². The van der Waals surface area contributed by atoms with Gasteiger partial charge in [0.2, 0.25) is 5.91 Å². The highest BCUT2D eigenvalue weighted by atomic mass is 32.2. The predicted molar refractivity (Wildman–Crippen MR) is 109 cm³/mol. The lowest BCUT2D eigenvalue weighted by molar-refractivity contribution is -0.113. The minimum atomic E-state index is -0.156. The molecule has 134 valence electrons. The molecule has 27 heavy (non-hydrogen) atoms. The number of benzene rings is 3. The van der Waals surface area contributed by atoms with Crippen LogP contribution in [0.4, 0.5) is 11.4 Å². The molecule has 0 fully saturated rings. The maximum atomic E-state index is 12.9. The van der Waals surface area contributed by atoms with E-state index >= 15 is 0 Å². The molecule has 2 amide bonds. The molecule has 2 N–H and O–H groups in total. The summed E-state index contributed by atoms with van der Waals surface area (Å²) >= 11 is 1.50. The smallest absolute Gasteiger partial charge is 0.255 e. The SMILES string of the molecule is O=C1CSc2ccc(NC(=O)c3ccccc3Cc3ccccc3)cc2N1. The monoisotopic (exact) mass is 374 g/mol.